The van der Waals surface area contributed by atoms with Gasteiger partial charge in [-0.15, -0.1) is 0 Å². The highest BCUT2D eigenvalue weighted by Crippen LogP contribution is 2.10. The molecule has 90 valence electrons. The first-order valence-electron chi connectivity index (χ1n) is 5.58. The number of amides is 1. The minimum absolute atomic E-state index is 0.101. The molecule has 5 heteroatoms. The van der Waals surface area contributed by atoms with E-state index in [1.807, 2.05) is 0 Å². The molecule has 0 saturated carbocycles. The third-order valence-corrected chi connectivity index (χ3v) is 2.48. The Morgan fingerprint density at radius 1 is 1.44 bits per heavy atom. The lowest BCUT2D eigenvalue weighted by Gasteiger charge is -2.14. The summed E-state index contributed by atoms with van der Waals surface area (Å²) in [6.45, 7) is 3.14. The lowest BCUT2D eigenvalue weighted by Crippen LogP contribution is -2.27. The third-order valence-electron chi connectivity index (χ3n) is 2.48. The van der Waals surface area contributed by atoms with Gasteiger partial charge in [0.1, 0.15) is 12.2 Å². The maximum absolute atomic E-state index is 11.4. The van der Waals surface area contributed by atoms with Crippen LogP contribution in [0.5, 0.6) is 0 Å². The van der Waals surface area contributed by atoms with Crippen LogP contribution in [-0.4, -0.2) is 42.3 Å². The van der Waals surface area contributed by atoms with Crippen molar-refractivity contribution in [3.05, 3.63) is 0 Å². The van der Waals surface area contributed by atoms with Crippen LogP contribution in [0.4, 0.5) is 0 Å². The van der Waals surface area contributed by atoms with Gasteiger partial charge in [-0.05, 0) is 13.3 Å². The molecule has 0 spiro atoms. The van der Waals surface area contributed by atoms with E-state index in [1.54, 1.807) is 11.8 Å². The number of hydrogen-bond donors (Lipinski definition) is 0. The number of nitrogens with zero attached hydrogens (tertiary/aromatic N) is 1. The molecule has 1 saturated heterocycles. The number of carbonyl (C=O) groups is 3. The molecule has 0 radical (unpaired) electrons. The van der Waals surface area contributed by atoms with Gasteiger partial charge in [0, 0.05) is 25.9 Å². The van der Waals surface area contributed by atoms with E-state index in [-0.39, 0.29) is 31.1 Å². The summed E-state index contributed by atoms with van der Waals surface area (Å²) in [4.78, 5) is 35.2. The van der Waals surface area contributed by atoms with Gasteiger partial charge in [0.05, 0.1) is 6.61 Å². The smallest absolute Gasteiger partial charge is 0.313 e. The normalized spacial score (nSPS) is 15.3. The van der Waals surface area contributed by atoms with Crippen LogP contribution in [0.15, 0.2) is 0 Å². The van der Waals surface area contributed by atoms with E-state index in [0.29, 0.717) is 13.0 Å². The Bertz CT molecular complexity index is 288. The van der Waals surface area contributed by atoms with Gasteiger partial charge in [0.25, 0.3) is 0 Å². The minimum atomic E-state index is -0.486. The summed E-state index contributed by atoms with van der Waals surface area (Å²) in [5.41, 5.74) is 0. The van der Waals surface area contributed by atoms with Crippen LogP contribution in [0.25, 0.3) is 0 Å². The summed E-state index contributed by atoms with van der Waals surface area (Å²) in [7, 11) is 0. The number of carbonyl (C=O) groups excluding carboxylic acids is 3. The predicted octanol–water partition coefficient (Wildman–Crippen LogP) is 0.521. The molecule has 0 unspecified atom stereocenters. The maximum Gasteiger partial charge on any atom is 0.313 e. The average molecular weight is 227 g/mol. The van der Waals surface area contributed by atoms with Gasteiger partial charge >= 0.3 is 5.97 Å². The molecular formula is C11H17NO4. The SMILES string of the molecule is CCOC(=O)CC(=O)CCN1CCCC1=O. The lowest BCUT2D eigenvalue weighted by molar-refractivity contribution is -0.145. The summed E-state index contributed by atoms with van der Waals surface area (Å²) in [5.74, 6) is -0.553. The van der Waals surface area contributed by atoms with Crippen LogP contribution in [0.3, 0.4) is 0 Å². The van der Waals surface area contributed by atoms with Crippen molar-refractivity contribution in [1.82, 2.24) is 4.90 Å². The first-order chi connectivity index (χ1) is 7.63. The Hall–Kier alpha value is -1.39. The van der Waals surface area contributed by atoms with E-state index in [1.165, 1.54) is 0 Å². The quantitative estimate of drug-likeness (QED) is 0.490. The number of ketones is 1. The van der Waals surface area contributed by atoms with Crippen LogP contribution in [-0.2, 0) is 19.1 Å². The predicted molar refractivity (Wildman–Crippen MR) is 56.7 cm³/mol. The monoisotopic (exact) mass is 227 g/mol. The first kappa shape index (κ1) is 12.7. The van der Waals surface area contributed by atoms with Crippen LogP contribution >= 0.6 is 0 Å². The zero-order valence-electron chi connectivity index (χ0n) is 9.53. The number of hydrogen-bond acceptors (Lipinski definition) is 4. The summed E-state index contributed by atoms with van der Waals surface area (Å²) >= 11 is 0. The van der Waals surface area contributed by atoms with E-state index >= 15 is 0 Å². The largest absolute Gasteiger partial charge is 0.466 e. The second-order valence-corrected chi connectivity index (χ2v) is 3.75. The maximum atomic E-state index is 11.4. The summed E-state index contributed by atoms with van der Waals surface area (Å²) in [6.07, 6.45) is 1.50. The van der Waals surface area contributed by atoms with Crippen molar-refractivity contribution in [1.29, 1.82) is 0 Å². The molecule has 1 aliphatic heterocycles. The molecule has 0 N–H and O–H groups in total. The fourth-order valence-corrected chi connectivity index (χ4v) is 1.66. The summed E-state index contributed by atoms with van der Waals surface area (Å²) < 4.78 is 4.67. The molecule has 0 aromatic rings. The second kappa shape index (κ2) is 6.25. The van der Waals surface area contributed by atoms with Crippen molar-refractivity contribution in [2.45, 2.75) is 32.6 Å². The average Bonchev–Trinajstić information content (AvgIpc) is 2.61. The van der Waals surface area contributed by atoms with Crippen molar-refractivity contribution in [3.8, 4) is 0 Å². The Kier molecular flexibility index (Phi) is 4.95. The van der Waals surface area contributed by atoms with Crippen molar-refractivity contribution in [3.63, 3.8) is 0 Å². The zero-order valence-corrected chi connectivity index (χ0v) is 9.53. The van der Waals surface area contributed by atoms with Crippen LogP contribution in [0, 0.1) is 0 Å². The highest BCUT2D eigenvalue weighted by Gasteiger charge is 2.21. The zero-order chi connectivity index (χ0) is 12.0. The number of rotatable bonds is 6. The fraction of sp³-hybridized carbons (Fsp3) is 0.727. The Morgan fingerprint density at radius 2 is 2.19 bits per heavy atom. The summed E-state index contributed by atoms with van der Waals surface area (Å²) in [6, 6.07) is 0. The van der Waals surface area contributed by atoms with E-state index in [0.717, 1.165) is 13.0 Å². The Morgan fingerprint density at radius 3 is 2.75 bits per heavy atom. The Labute approximate surface area is 94.7 Å². The van der Waals surface area contributed by atoms with Crippen molar-refractivity contribution in [2.75, 3.05) is 19.7 Å². The van der Waals surface area contributed by atoms with Gasteiger partial charge in [-0.1, -0.05) is 0 Å². The molecule has 1 amide bonds. The van der Waals surface area contributed by atoms with Gasteiger partial charge < -0.3 is 9.64 Å². The molecule has 16 heavy (non-hydrogen) atoms. The van der Waals surface area contributed by atoms with Crippen LogP contribution in [0.2, 0.25) is 0 Å². The van der Waals surface area contributed by atoms with Crippen molar-refractivity contribution < 1.29 is 19.1 Å². The minimum Gasteiger partial charge on any atom is -0.466 e. The van der Waals surface area contributed by atoms with E-state index in [4.69, 9.17) is 0 Å². The van der Waals surface area contributed by atoms with Gasteiger partial charge in [0.2, 0.25) is 5.91 Å². The van der Waals surface area contributed by atoms with E-state index in [9.17, 15) is 14.4 Å². The molecule has 5 nitrogen and oxygen atoms in total. The van der Waals surface area contributed by atoms with Crippen molar-refractivity contribution in [2.24, 2.45) is 0 Å². The molecule has 0 bridgehead atoms. The van der Waals surface area contributed by atoms with E-state index < -0.39 is 5.97 Å². The fourth-order valence-electron chi connectivity index (χ4n) is 1.66. The molecule has 0 aromatic heterocycles. The molecule has 1 fully saturated rings. The number of Topliss-reactive ketones (excluding diaryl/α,β-unsaturated/α-hetero) is 1. The highest BCUT2D eigenvalue weighted by molar-refractivity contribution is 5.95. The topological polar surface area (TPSA) is 63.7 Å². The van der Waals surface area contributed by atoms with Crippen LogP contribution in [0.1, 0.15) is 32.6 Å². The third kappa shape index (κ3) is 4.00. The molecule has 1 aliphatic rings. The highest BCUT2D eigenvalue weighted by atomic mass is 16.5. The number of ether oxygens (including phenoxy) is 1. The molecule has 0 aliphatic carbocycles. The lowest BCUT2D eigenvalue weighted by atomic mass is 10.2. The standard InChI is InChI=1S/C11H17NO4/c1-2-16-11(15)8-9(13)5-7-12-6-3-4-10(12)14/h2-8H2,1H3. The van der Waals surface area contributed by atoms with Gasteiger partial charge in [-0.3, -0.25) is 14.4 Å². The first-order valence-corrected chi connectivity index (χ1v) is 5.58. The second-order valence-electron chi connectivity index (χ2n) is 3.75. The van der Waals surface area contributed by atoms with Crippen molar-refractivity contribution >= 4 is 17.7 Å². The summed E-state index contributed by atoms with van der Waals surface area (Å²) in [5, 5.41) is 0. The number of esters is 1. The van der Waals surface area contributed by atoms with E-state index in [2.05, 4.69) is 4.74 Å². The molecule has 1 rings (SSSR count). The molecule has 0 atom stereocenters. The molecular weight excluding hydrogens is 210 g/mol. The number of likely N-dealkylation sites (tertiary alicyclic amines) is 1. The van der Waals surface area contributed by atoms with Gasteiger partial charge in [0.15, 0.2) is 0 Å². The molecule has 1 heterocycles. The van der Waals surface area contributed by atoms with Gasteiger partial charge in [-0.25, -0.2) is 0 Å². The van der Waals surface area contributed by atoms with Gasteiger partial charge in [-0.2, -0.15) is 0 Å². The molecule has 0 aromatic carbocycles. The Balaban J connectivity index is 2.19. The van der Waals surface area contributed by atoms with Crippen LogP contribution < -0.4 is 0 Å².